The molecular weight excluding hydrogens is 447 g/mol. The van der Waals surface area contributed by atoms with Gasteiger partial charge in [0, 0.05) is 36.8 Å². The summed E-state index contributed by atoms with van der Waals surface area (Å²) in [4.78, 5) is 16.5. The molecule has 4 rings (SSSR count). The monoisotopic (exact) mass is 470 g/mol. The van der Waals surface area contributed by atoms with Crippen LogP contribution in [0.1, 0.15) is 11.1 Å². The van der Waals surface area contributed by atoms with Gasteiger partial charge >= 0.3 is 0 Å². The third kappa shape index (κ3) is 5.14. The lowest BCUT2D eigenvalue weighted by atomic mass is 10.0. The van der Waals surface area contributed by atoms with Crippen LogP contribution in [0.3, 0.4) is 0 Å². The third-order valence-electron chi connectivity index (χ3n) is 5.51. The summed E-state index contributed by atoms with van der Waals surface area (Å²) < 4.78 is 5.57. The van der Waals surface area contributed by atoms with Crippen LogP contribution in [0, 0.1) is 13.8 Å². The van der Waals surface area contributed by atoms with Gasteiger partial charge in [-0.25, -0.2) is 0 Å². The molecule has 0 bridgehead atoms. The van der Waals surface area contributed by atoms with E-state index in [4.69, 9.17) is 27.9 Å². The van der Waals surface area contributed by atoms with E-state index in [9.17, 15) is 4.79 Å². The second-order valence-electron chi connectivity index (χ2n) is 7.83. The van der Waals surface area contributed by atoms with Crippen molar-refractivity contribution in [2.75, 3.05) is 37.7 Å². The van der Waals surface area contributed by atoms with Crippen molar-refractivity contribution in [3.05, 3.63) is 69.7 Å². The van der Waals surface area contributed by atoms with E-state index in [-0.39, 0.29) is 12.5 Å². The molecule has 0 aliphatic carbocycles. The Morgan fingerprint density at radius 1 is 0.969 bits per heavy atom. The molecule has 0 spiro atoms. The third-order valence-corrected chi connectivity index (χ3v) is 6.04. The largest absolute Gasteiger partial charge is 0.482 e. The average Bonchev–Trinajstić information content (AvgIpc) is 2.79. The lowest BCUT2D eigenvalue weighted by Gasteiger charge is -2.35. The van der Waals surface area contributed by atoms with Crippen molar-refractivity contribution in [2.24, 2.45) is 0 Å². The topological polar surface area (TPSA) is 58.6 Å². The molecule has 2 heterocycles. The summed E-state index contributed by atoms with van der Waals surface area (Å²) in [6, 6.07) is 15.2. The number of hydrogen-bond donors (Lipinski definition) is 0. The van der Waals surface area contributed by atoms with Gasteiger partial charge in [-0.1, -0.05) is 47.0 Å². The highest BCUT2D eigenvalue weighted by molar-refractivity contribution is 6.35. The van der Waals surface area contributed by atoms with Gasteiger partial charge in [-0.15, -0.1) is 10.2 Å². The predicted molar refractivity (Wildman–Crippen MR) is 128 cm³/mol. The summed E-state index contributed by atoms with van der Waals surface area (Å²) in [5, 5.41) is 9.77. The van der Waals surface area contributed by atoms with Crippen molar-refractivity contribution in [3.63, 3.8) is 0 Å². The lowest BCUT2D eigenvalue weighted by Crippen LogP contribution is -2.50. The minimum Gasteiger partial charge on any atom is -0.482 e. The highest BCUT2D eigenvalue weighted by atomic mass is 35.5. The normalized spacial score (nSPS) is 13.9. The number of piperazine rings is 1. The van der Waals surface area contributed by atoms with E-state index in [2.05, 4.69) is 47.1 Å². The maximum absolute atomic E-state index is 12.5. The Kier molecular flexibility index (Phi) is 6.82. The zero-order chi connectivity index (χ0) is 22.7. The van der Waals surface area contributed by atoms with Crippen LogP contribution >= 0.6 is 23.2 Å². The zero-order valence-corrected chi connectivity index (χ0v) is 19.5. The van der Waals surface area contributed by atoms with Gasteiger partial charge < -0.3 is 14.5 Å². The van der Waals surface area contributed by atoms with Gasteiger partial charge in [-0.05, 0) is 49.7 Å². The van der Waals surface area contributed by atoms with Crippen LogP contribution in [0.15, 0.2) is 48.5 Å². The lowest BCUT2D eigenvalue weighted by molar-refractivity contribution is -0.133. The summed E-state index contributed by atoms with van der Waals surface area (Å²) in [5.74, 6) is 1.18. The number of nitrogens with zero attached hydrogens (tertiary/aromatic N) is 4. The van der Waals surface area contributed by atoms with Crippen LogP contribution in [0.2, 0.25) is 10.0 Å². The summed E-state index contributed by atoms with van der Waals surface area (Å²) >= 11 is 12.0. The SMILES string of the molecule is Cc1ccc(-c2ccc(N3CCN(C(=O)COc4ccc(Cl)cc4Cl)CC3)nn2)c(C)c1. The van der Waals surface area contributed by atoms with E-state index in [1.807, 2.05) is 12.1 Å². The number of carbonyl (C=O) groups is 1. The number of hydrogen-bond acceptors (Lipinski definition) is 5. The van der Waals surface area contributed by atoms with Crippen LogP contribution in [-0.4, -0.2) is 53.8 Å². The molecular formula is C24H24Cl2N4O2. The van der Waals surface area contributed by atoms with E-state index in [1.54, 1.807) is 23.1 Å². The van der Waals surface area contributed by atoms with E-state index in [0.717, 1.165) is 17.1 Å². The first-order valence-electron chi connectivity index (χ1n) is 10.4. The summed E-state index contributed by atoms with van der Waals surface area (Å²) in [5.41, 5.74) is 4.36. The number of carbonyl (C=O) groups excluding carboxylic acids is 1. The van der Waals surface area contributed by atoms with Crippen molar-refractivity contribution < 1.29 is 9.53 Å². The molecule has 1 aromatic heterocycles. The van der Waals surface area contributed by atoms with Crippen molar-refractivity contribution in [1.82, 2.24) is 15.1 Å². The van der Waals surface area contributed by atoms with Crippen LogP contribution in [0.25, 0.3) is 11.3 Å². The maximum atomic E-state index is 12.5. The van der Waals surface area contributed by atoms with Gasteiger partial charge in [0.05, 0.1) is 10.7 Å². The fourth-order valence-electron chi connectivity index (χ4n) is 3.75. The standard InChI is InChI=1S/C24H24Cl2N4O2/c1-16-3-5-19(17(2)13-16)21-6-8-23(28-27-21)29-9-11-30(12-10-29)24(31)15-32-22-7-4-18(25)14-20(22)26/h3-8,13-14H,9-12,15H2,1-2H3. The fourth-order valence-corrected chi connectivity index (χ4v) is 4.21. The number of halogens is 2. The zero-order valence-electron chi connectivity index (χ0n) is 18.0. The second-order valence-corrected chi connectivity index (χ2v) is 8.67. The molecule has 0 radical (unpaired) electrons. The number of ether oxygens (including phenoxy) is 1. The van der Waals surface area contributed by atoms with Gasteiger partial charge in [-0.2, -0.15) is 0 Å². The Labute approximate surface area is 197 Å². The Morgan fingerprint density at radius 2 is 1.75 bits per heavy atom. The Bertz CT molecular complexity index is 1110. The predicted octanol–water partition coefficient (Wildman–Crippen LogP) is 4.79. The number of anilines is 1. The molecule has 0 N–H and O–H groups in total. The van der Waals surface area contributed by atoms with Crippen molar-refractivity contribution in [1.29, 1.82) is 0 Å². The number of aryl methyl sites for hydroxylation is 2. The van der Waals surface area contributed by atoms with Gasteiger partial charge in [0.2, 0.25) is 0 Å². The molecule has 1 aliphatic rings. The molecule has 0 atom stereocenters. The Morgan fingerprint density at radius 3 is 2.41 bits per heavy atom. The number of benzene rings is 2. The van der Waals surface area contributed by atoms with Crippen molar-refractivity contribution >= 4 is 34.9 Å². The molecule has 1 saturated heterocycles. The van der Waals surface area contributed by atoms with Gasteiger partial charge in [-0.3, -0.25) is 4.79 Å². The highest BCUT2D eigenvalue weighted by Crippen LogP contribution is 2.27. The van der Waals surface area contributed by atoms with Crippen LogP contribution in [-0.2, 0) is 4.79 Å². The molecule has 2 aromatic carbocycles. The van der Waals surface area contributed by atoms with Crippen molar-refractivity contribution in [2.45, 2.75) is 13.8 Å². The smallest absolute Gasteiger partial charge is 0.260 e. The molecule has 0 saturated carbocycles. The summed E-state index contributed by atoms with van der Waals surface area (Å²) in [6.45, 7) is 6.66. The minimum absolute atomic E-state index is 0.0637. The van der Waals surface area contributed by atoms with Gasteiger partial charge in [0.1, 0.15) is 5.75 Å². The molecule has 8 heteroatoms. The van der Waals surface area contributed by atoms with E-state index in [0.29, 0.717) is 42.0 Å². The molecule has 32 heavy (non-hydrogen) atoms. The first kappa shape index (κ1) is 22.4. The molecule has 166 valence electrons. The Balaban J connectivity index is 1.31. The molecule has 1 amide bonds. The van der Waals surface area contributed by atoms with Crippen LogP contribution in [0.5, 0.6) is 5.75 Å². The second kappa shape index (κ2) is 9.76. The van der Waals surface area contributed by atoms with E-state index < -0.39 is 0 Å². The molecule has 1 aliphatic heterocycles. The first-order valence-corrected chi connectivity index (χ1v) is 11.2. The number of rotatable bonds is 5. The molecule has 0 unspecified atom stereocenters. The van der Waals surface area contributed by atoms with Crippen LogP contribution < -0.4 is 9.64 Å². The van der Waals surface area contributed by atoms with E-state index in [1.165, 1.54) is 11.1 Å². The van der Waals surface area contributed by atoms with Crippen molar-refractivity contribution in [3.8, 4) is 17.0 Å². The number of aromatic nitrogens is 2. The highest BCUT2D eigenvalue weighted by Gasteiger charge is 2.23. The molecule has 1 fully saturated rings. The Hall–Kier alpha value is -2.83. The van der Waals surface area contributed by atoms with E-state index >= 15 is 0 Å². The summed E-state index contributed by atoms with van der Waals surface area (Å²) in [6.07, 6.45) is 0. The van der Waals surface area contributed by atoms with Gasteiger partial charge in [0.15, 0.2) is 12.4 Å². The first-order chi connectivity index (χ1) is 15.4. The maximum Gasteiger partial charge on any atom is 0.260 e. The number of amides is 1. The summed E-state index contributed by atoms with van der Waals surface area (Å²) in [7, 11) is 0. The fraction of sp³-hybridized carbons (Fsp3) is 0.292. The van der Waals surface area contributed by atoms with Crippen LogP contribution in [0.4, 0.5) is 5.82 Å². The van der Waals surface area contributed by atoms with Gasteiger partial charge in [0.25, 0.3) is 5.91 Å². The minimum atomic E-state index is -0.0769. The average molecular weight is 471 g/mol. The molecule has 6 nitrogen and oxygen atoms in total. The molecule has 3 aromatic rings. The quantitative estimate of drug-likeness (QED) is 0.536.